The van der Waals surface area contributed by atoms with E-state index in [2.05, 4.69) is 5.32 Å². The van der Waals surface area contributed by atoms with Gasteiger partial charge in [-0.3, -0.25) is 0 Å². The molecular weight excluding hydrogens is 384 g/mol. The number of rotatable bonds is 6. The predicted octanol–water partition coefficient (Wildman–Crippen LogP) is 4.69. The second-order valence-corrected chi connectivity index (χ2v) is 9.65. The van der Waals surface area contributed by atoms with Crippen molar-refractivity contribution in [2.45, 2.75) is 81.2 Å². The van der Waals surface area contributed by atoms with Crippen molar-refractivity contribution in [3.63, 3.8) is 0 Å². The monoisotopic (exact) mass is 412 g/mol. The van der Waals surface area contributed by atoms with E-state index in [4.69, 9.17) is 10.5 Å². The van der Waals surface area contributed by atoms with E-state index in [1.165, 1.54) is 19.0 Å². The van der Waals surface area contributed by atoms with Gasteiger partial charge >= 0.3 is 0 Å². The van der Waals surface area contributed by atoms with Crippen LogP contribution in [0.2, 0.25) is 0 Å². The van der Waals surface area contributed by atoms with Crippen molar-refractivity contribution in [1.82, 2.24) is 4.31 Å². The molecule has 0 saturated heterocycles. The van der Waals surface area contributed by atoms with Crippen molar-refractivity contribution < 1.29 is 8.42 Å². The molecule has 0 unspecified atom stereocenters. The molecule has 1 N–H and O–H groups in total. The zero-order valence-electron chi connectivity index (χ0n) is 16.7. The normalized spacial score (nSPS) is 18.6. The fourth-order valence-corrected chi connectivity index (χ4v) is 6.61. The van der Waals surface area contributed by atoms with Gasteiger partial charge in [-0.1, -0.05) is 50.7 Å². The molecule has 7 heteroatoms. The summed E-state index contributed by atoms with van der Waals surface area (Å²) in [6.07, 6.45) is 11.5. The van der Waals surface area contributed by atoms with Crippen molar-refractivity contribution in [1.29, 1.82) is 10.5 Å². The average molecular weight is 413 g/mol. The SMILES string of the molecule is N#CC(C#N)=CNc1ccccc1S(=O)(=O)N(C1CCCCC1)C1CCCCC1. The molecule has 1 aromatic carbocycles. The largest absolute Gasteiger partial charge is 0.359 e. The minimum Gasteiger partial charge on any atom is -0.359 e. The van der Waals surface area contributed by atoms with Gasteiger partial charge in [0.2, 0.25) is 10.0 Å². The zero-order chi connectivity index (χ0) is 20.7. The van der Waals surface area contributed by atoms with Gasteiger partial charge < -0.3 is 5.32 Å². The highest BCUT2D eigenvalue weighted by Crippen LogP contribution is 2.36. The number of nitrogens with zero attached hydrogens (tertiary/aromatic N) is 3. The standard InChI is InChI=1S/C22H28N4O2S/c23-15-18(16-24)17-25-21-13-7-8-14-22(21)29(27,28)26(19-9-3-1-4-10-19)20-11-5-2-6-12-20/h7-8,13-14,17,19-20,25H,1-6,9-12H2. The Labute approximate surface area is 173 Å². The lowest BCUT2D eigenvalue weighted by Crippen LogP contribution is -2.48. The Bertz CT molecular complexity index is 881. The Hall–Kier alpha value is -2.35. The van der Waals surface area contributed by atoms with Gasteiger partial charge in [-0.15, -0.1) is 0 Å². The van der Waals surface area contributed by atoms with Gasteiger partial charge in [-0.2, -0.15) is 14.8 Å². The quantitative estimate of drug-likeness (QED) is 0.684. The van der Waals surface area contributed by atoms with Crippen LogP contribution in [0.3, 0.4) is 0 Å². The fraction of sp³-hybridized carbons (Fsp3) is 0.545. The van der Waals surface area contributed by atoms with Crippen molar-refractivity contribution in [2.75, 3.05) is 5.32 Å². The second kappa shape index (κ2) is 9.91. The fourth-order valence-electron chi connectivity index (χ4n) is 4.53. The number of allylic oxidation sites excluding steroid dienone is 1. The number of anilines is 1. The number of sulfonamides is 1. The first-order valence-electron chi connectivity index (χ1n) is 10.5. The van der Waals surface area contributed by atoms with Crippen molar-refractivity contribution >= 4 is 15.7 Å². The third-order valence-corrected chi connectivity index (χ3v) is 7.99. The highest BCUT2D eigenvalue weighted by atomic mass is 32.2. The molecule has 0 heterocycles. The molecule has 0 atom stereocenters. The van der Waals surface area contributed by atoms with Crippen LogP contribution in [0.5, 0.6) is 0 Å². The molecule has 0 amide bonds. The molecule has 0 radical (unpaired) electrons. The Balaban J connectivity index is 1.99. The van der Waals surface area contributed by atoms with Crippen molar-refractivity contribution in [3.05, 3.63) is 36.0 Å². The lowest BCUT2D eigenvalue weighted by Gasteiger charge is -2.40. The van der Waals surface area contributed by atoms with Crippen molar-refractivity contribution in [3.8, 4) is 12.1 Å². The summed E-state index contributed by atoms with van der Waals surface area (Å²) in [5.41, 5.74) is 0.292. The van der Waals surface area contributed by atoms with Crippen LogP contribution in [-0.4, -0.2) is 24.8 Å². The van der Waals surface area contributed by atoms with Crippen LogP contribution < -0.4 is 5.32 Å². The first-order chi connectivity index (χ1) is 14.1. The summed E-state index contributed by atoms with van der Waals surface area (Å²) in [7, 11) is -3.72. The van der Waals surface area contributed by atoms with Gasteiger partial charge in [0.1, 0.15) is 22.6 Å². The zero-order valence-corrected chi connectivity index (χ0v) is 17.5. The molecule has 3 rings (SSSR count). The first-order valence-corrected chi connectivity index (χ1v) is 11.9. The van der Waals surface area contributed by atoms with E-state index in [0.717, 1.165) is 51.4 Å². The lowest BCUT2D eigenvalue weighted by molar-refractivity contribution is 0.170. The van der Waals surface area contributed by atoms with Crippen LogP contribution in [0.4, 0.5) is 5.69 Å². The third-order valence-electron chi connectivity index (χ3n) is 5.92. The van der Waals surface area contributed by atoms with E-state index in [0.29, 0.717) is 5.69 Å². The molecule has 154 valence electrons. The molecule has 29 heavy (non-hydrogen) atoms. The van der Waals surface area contributed by atoms with Crippen LogP contribution >= 0.6 is 0 Å². The van der Waals surface area contributed by atoms with Gasteiger partial charge in [0.05, 0.1) is 5.69 Å². The second-order valence-electron chi connectivity index (χ2n) is 7.84. The maximum Gasteiger partial charge on any atom is 0.245 e. The maximum absolute atomic E-state index is 13.9. The molecule has 2 aliphatic carbocycles. The maximum atomic E-state index is 13.9. The van der Waals surface area contributed by atoms with E-state index in [9.17, 15) is 8.42 Å². The Morgan fingerprint density at radius 3 is 1.97 bits per heavy atom. The smallest absolute Gasteiger partial charge is 0.245 e. The summed E-state index contributed by atoms with van der Waals surface area (Å²) < 4.78 is 29.6. The van der Waals surface area contributed by atoms with Gasteiger partial charge in [0.25, 0.3) is 0 Å². The topological polar surface area (TPSA) is 97.0 Å². The van der Waals surface area contributed by atoms with Crippen LogP contribution in [0.15, 0.2) is 40.9 Å². The summed E-state index contributed by atoms with van der Waals surface area (Å²) in [5.74, 6) is 0. The molecule has 2 saturated carbocycles. The average Bonchev–Trinajstić information content (AvgIpc) is 2.76. The molecule has 2 fully saturated rings. The molecule has 2 aliphatic rings. The summed E-state index contributed by atoms with van der Waals surface area (Å²) in [4.78, 5) is 0.211. The number of hydrogen-bond donors (Lipinski definition) is 1. The summed E-state index contributed by atoms with van der Waals surface area (Å²) in [6, 6.07) is 10.4. The molecule has 0 aliphatic heterocycles. The van der Waals surface area contributed by atoms with Crippen LogP contribution in [0.25, 0.3) is 0 Å². The predicted molar refractivity (Wildman–Crippen MR) is 112 cm³/mol. The van der Waals surface area contributed by atoms with E-state index < -0.39 is 10.0 Å². The van der Waals surface area contributed by atoms with Gasteiger partial charge in [-0.25, -0.2) is 8.42 Å². The van der Waals surface area contributed by atoms with E-state index in [-0.39, 0.29) is 22.6 Å². The molecule has 1 aromatic rings. The summed E-state index contributed by atoms with van der Waals surface area (Å²) >= 11 is 0. The number of hydrogen-bond acceptors (Lipinski definition) is 5. The van der Waals surface area contributed by atoms with Gasteiger partial charge in [0, 0.05) is 18.3 Å². The van der Waals surface area contributed by atoms with E-state index in [1.807, 2.05) is 4.31 Å². The molecule has 0 aromatic heterocycles. The molecule has 0 spiro atoms. The number of nitrogens with one attached hydrogen (secondary N) is 1. The number of nitriles is 2. The van der Waals surface area contributed by atoms with Gasteiger partial charge in [-0.05, 0) is 37.8 Å². The van der Waals surface area contributed by atoms with E-state index >= 15 is 0 Å². The Morgan fingerprint density at radius 1 is 0.931 bits per heavy atom. The molecule has 0 bridgehead atoms. The Morgan fingerprint density at radius 2 is 1.45 bits per heavy atom. The van der Waals surface area contributed by atoms with E-state index in [1.54, 1.807) is 36.4 Å². The molecular formula is C22H28N4O2S. The van der Waals surface area contributed by atoms with Gasteiger partial charge in [0.15, 0.2) is 0 Å². The van der Waals surface area contributed by atoms with Crippen molar-refractivity contribution in [2.24, 2.45) is 0 Å². The summed E-state index contributed by atoms with van der Waals surface area (Å²) in [6.45, 7) is 0. The minimum atomic E-state index is -3.72. The Kier molecular flexibility index (Phi) is 7.30. The highest BCUT2D eigenvalue weighted by Gasteiger charge is 2.39. The molecule has 6 nitrogen and oxygen atoms in total. The summed E-state index contributed by atoms with van der Waals surface area (Å²) in [5, 5.41) is 20.8. The van der Waals surface area contributed by atoms with Crippen LogP contribution in [0.1, 0.15) is 64.2 Å². The first kappa shape index (κ1) is 21.4. The van der Waals surface area contributed by atoms with Crippen LogP contribution in [0, 0.1) is 22.7 Å². The highest BCUT2D eigenvalue weighted by molar-refractivity contribution is 7.89. The minimum absolute atomic E-state index is 0.0502. The van der Waals surface area contributed by atoms with Crippen LogP contribution in [-0.2, 0) is 10.0 Å². The number of benzene rings is 1. The lowest BCUT2D eigenvalue weighted by atomic mass is 9.91. The third kappa shape index (κ3) is 4.98. The number of para-hydroxylation sites is 1.